The Labute approximate surface area is 120 Å². The molecule has 0 bridgehead atoms. The number of aliphatic hydroxyl groups excluding tert-OH is 1. The predicted molar refractivity (Wildman–Crippen MR) is 80.7 cm³/mol. The molecule has 0 aliphatic carbocycles. The molecule has 1 saturated heterocycles. The van der Waals surface area contributed by atoms with Gasteiger partial charge in [0.2, 0.25) is 5.91 Å². The number of rotatable bonds is 6. The van der Waals surface area contributed by atoms with E-state index in [1.165, 1.54) is 5.56 Å². The first kappa shape index (κ1) is 15.0. The van der Waals surface area contributed by atoms with Gasteiger partial charge in [0.15, 0.2) is 0 Å². The molecule has 2 rings (SSSR count). The molecule has 1 amide bonds. The highest BCUT2D eigenvalue weighted by molar-refractivity contribution is 5.92. The van der Waals surface area contributed by atoms with Crippen LogP contribution < -0.4 is 5.32 Å². The van der Waals surface area contributed by atoms with Crippen molar-refractivity contribution in [2.24, 2.45) is 0 Å². The maximum Gasteiger partial charge on any atom is 0.238 e. The third-order valence-corrected chi connectivity index (χ3v) is 3.83. The summed E-state index contributed by atoms with van der Waals surface area (Å²) in [5.74, 6) is -0.00593. The van der Waals surface area contributed by atoms with Gasteiger partial charge in [-0.25, -0.2) is 0 Å². The number of anilines is 1. The summed E-state index contributed by atoms with van der Waals surface area (Å²) in [5, 5.41) is 12.2. The Hall–Kier alpha value is -1.39. The molecule has 2 N–H and O–H groups in total. The Morgan fingerprint density at radius 2 is 2.15 bits per heavy atom. The molecular weight excluding hydrogens is 252 g/mol. The fourth-order valence-electron chi connectivity index (χ4n) is 2.74. The van der Waals surface area contributed by atoms with Crippen molar-refractivity contribution >= 4 is 11.6 Å². The second-order valence-electron chi connectivity index (χ2n) is 5.44. The first-order valence-electron chi connectivity index (χ1n) is 7.46. The molecule has 1 aromatic carbocycles. The van der Waals surface area contributed by atoms with Crippen LogP contribution in [0.2, 0.25) is 0 Å². The van der Waals surface area contributed by atoms with Crippen molar-refractivity contribution in [3.05, 3.63) is 29.8 Å². The molecule has 0 aromatic heterocycles. The van der Waals surface area contributed by atoms with E-state index in [-0.39, 0.29) is 18.6 Å². The number of likely N-dealkylation sites (tertiary alicyclic amines) is 1. The van der Waals surface area contributed by atoms with Crippen LogP contribution in [0.4, 0.5) is 5.69 Å². The second-order valence-corrected chi connectivity index (χ2v) is 5.44. The third-order valence-electron chi connectivity index (χ3n) is 3.83. The van der Waals surface area contributed by atoms with E-state index < -0.39 is 0 Å². The Morgan fingerprint density at radius 3 is 2.80 bits per heavy atom. The van der Waals surface area contributed by atoms with Crippen LogP contribution in [0.5, 0.6) is 0 Å². The van der Waals surface area contributed by atoms with Crippen LogP contribution in [0.1, 0.15) is 31.7 Å². The number of nitrogens with one attached hydrogen (secondary N) is 1. The number of hydrogen-bond donors (Lipinski definition) is 2. The van der Waals surface area contributed by atoms with Gasteiger partial charge in [0.05, 0.1) is 13.2 Å². The van der Waals surface area contributed by atoms with Crippen LogP contribution in [-0.2, 0) is 11.2 Å². The van der Waals surface area contributed by atoms with Crippen LogP contribution in [0.15, 0.2) is 24.3 Å². The summed E-state index contributed by atoms with van der Waals surface area (Å²) in [7, 11) is 0. The van der Waals surface area contributed by atoms with E-state index in [4.69, 9.17) is 0 Å². The van der Waals surface area contributed by atoms with Gasteiger partial charge in [-0.1, -0.05) is 25.5 Å². The van der Waals surface area contributed by atoms with Crippen molar-refractivity contribution in [3.63, 3.8) is 0 Å². The fraction of sp³-hybridized carbons (Fsp3) is 0.562. The number of benzene rings is 1. The van der Waals surface area contributed by atoms with Crippen LogP contribution in [-0.4, -0.2) is 41.7 Å². The van der Waals surface area contributed by atoms with Gasteiger partial charge in [0.1, 0.15) is 0 Å². The average Bonchev–Trinajstić information content (AvgIpc) is 2.88. The van der Waals surface area contributed by atoms with Crippen LogP contribution in [0, 0.1) is 0 Å². The van der Waals surface area contributed by atoms with Crippen LogP contribution >= 0.6 is 0 Å². The Bertz CT molecular complexity index is 431. The quantitative estimate of drug-likeness (QED) is 0.836. The zero-order valence-electron chi connectivity index (χ0n) is 12.1. The van der Waals surface area contributed by atoms with Gasteiger partial charge in [0, 0.05) is 11.7 Å². The molecule has 1 aromatic rings. The monoisotopic (exact) mass is 276 g/mol. The van der Waals surface area contributed by atoms with Crippen molar-refractivity contribution in [1.29, 1.82) is 0 Å². The highest BCUT2D eigenvalue weighted by atomic mass is 16.3. The standard InChI is InChI=1S/C16H24N2O2/c1-2-4-13-6-8-14(9-7-13)17-16(20)11-18-10-3-5-15(18)12-19/h6-9,15,19H,2-5,10-12H2,1H3,(H,17,20). The fourth-order valence-corrected chi connectivity index (χ4v) is 2.74. The number of aliphatic hydroxyl groups is 1. The van der Waals surface area contributed by atoms with E-state index in [1.54, 1.807) is 0 Å². The molecule has 1 aliphatic heterocycles. The van der Waals surface area contributed by atoms with Crippen LogP contribution in [0.25, 0.3) is 0 Å². The first-order valence-corrected chi connectivity index (χ1v) is 7.46. The summed E-state index contributed by atoms with van der Waals surface area (Å²) in [6.45, 7) is 3.55. The molecule has 1 heterocycles. The first-order chi connectivity index (χ1) is 9.72. The molecule has 0 spiro atoms. The highest BCUT2D eigenvalue weighted by Gasteiger charge is 2.25. The molecule has 0 saturated carbocycles. The van der Waals surface area contributed by atoms with Crippen molar-refractivity contribution in [3.8, 4) is 0 Å². The van der Waals surface area contributed by atoms with Gasteiger partial charge < -0.3 is 10.4 Å². The van der Waals surface area contributed by atoms with Gasteiger partial charge in [-0.15, -0.1) is 0 Å². The van der Waals surface area contributed by atoms with E-state index in [9.17, 15) is 9.90 Å². The van der Waals surface area contributed by atoms with Crippen molar-refractivity contribution in [2.45, 2.75) is 38.6 Å². The molecule has 1 fully saturated rings. The predicted octanol–water partition coefficient (Wildman–Crippen LogP) is 2.03. The lowest BCUT2D eigenvalue weighted by Crippen LogP contribution is -2.38. The van der Waals surface area contributed by atoms with Gasteiger partial charge in [-0.2, -0.15) is 0 Å². The number of nitrogens with zero attached hydrogens (tertiary/aromatic N) is 1. The number of amides is 1. The zero-order valence-corrected chi connectivity index (χ0v) is 12.1. The van der Waals surface area contributed by atoms with Crippen molar-refractivity contribution in [1.82, 2.24) is 4.90 Å². The van der Waals surface area contributed by atoms with E-state index >= 15 is 0 Å². The summed E-state index contributed by atoms with van der Waals surface area (Å²) in [5.41, 5.74) is 2.14. The minimum Gasteiger partial charge on any atom is -0.395 e. The third kappa shape index (κ3) is 4.05. The Balaban J connectivity index is 1.84. The lowest BCUT2D eigenvalue weighted by atomic mass is 10.1. The molecule has 110 valence electrons. The minimum atomic E-state index is -0.00593. The minimum absolute atomic E-state index is 0.00593. The molecule has 20 heavy (non-hydrogen) atoms. The molecule has 1 atom stereocenters. The van der Waals surface area contributed by atoms with Crippen molar-refractivity contribution < 1.29 is 9.90 Å². The second kappa shape index (κ2) is 7.41. The number of hydrogen-bond acceptors (Lipinski definition) is 3. The molecule has 1 aliphatic rings. The van der Waals surface area contributed by atoms with Gasteiger partial charge >= 0.3 is 0 Å². The number of carbonyl (C=O) groups is 1. The van der Waals surface area contributed by atoms with Crippen molar-refractivity contribution in [2.75, 3.05) is 25.0 Å². The SMILES string of the molecule is CCCc1ccc(NC(=O)CN2CCCC2CO)cc1. The van der Waals surface area contributed by atoms with E-state index in [2.05, 4.69) is 29.3 Å². The number of aryl methyl sites for hydroxylation is 1. The topological polar surface area (TPSA) is 52.6 Å². The average molecular weight is 276 g/mol. The van der Waals surface area contributed by atoms with E-state index in [0.29, 0.717) is 6.54 Å². The maximum atomic E-state index is 12.0. The van der Waals surface area contributed by atoms with E-state index in [1.807, 2.05) is 12.1 Å². The highest BCUT2D eigenvalue weighted by Crippen LogP contribution is 2.16. The Morgan fingerprint density at radius 1 is 1.40 bits per heavy atom. The summed E-state index contributed by atoms with van der Waals surface area (Å²) >= 11 is 0. The Kier molecular flexibility index (Phi) is 5.56. The molecular formula is C16H24N2O2. The molecule has 4 nitrogen and oxygen atoms in total. The smallest absolute Gasteiger partial charge is 0.238 e. The summed E-state index contributed by atoms with van der Waals surface area (Å²) in [6, 6.07) is 8.18. The maximum absolute atomic E-state index is 12.0. The molecule has 0 radical (unpaired) electrons. The summed E-state index contributed by atoms with van der Waals surface area (Å²) in [6.07, 6.45) is 4.24. The number of carbonyl (C=O) groups excluding carboxylic acids is 1. The van der Waals surface area contributed by atoms with E-state index in [0.717, 1.165) is 37.9 Å². The van der Waals surface area contributed by atoms with Gasteiger partial charge in [-0.3, -0.25) is 9.69 Å². The largest absolute Gasteiger partial charge is 0.395 e. The summed E-state index contributed by atoms with van der Waals surface area (Å²) < 4.78 is 0. The van der Waals surface area contributed by atoms with Gasteiger partial charge in [-0.05, 0) is 43.5 Å². The molecule has 4 heteroatoms. The zero-order chi connectivity index (χ0) is 14.4. The summed E-state index contributed by atoms with van der Waals surface area (Å²) in [4.78, 5) is 14.1. The lowest BCUT2D eigenvalue weighted by molar-refractivity contribution is -0.117. The van der Waals surface area contributed by atoms with Crippen LogP contribution in [0.3, 0.4) is 0 Å². The van der Waals surface area contributed by atoms with Gasteiger partial charge in [0.25, 0.3) is 0 Å². The normalized spacial score (nSPS) is 19.2. The molecule has 1 unspecified atom stereocenters. The lowest BCUT2D eigenvalue weighted by Gasteiger charge is -2.21.